The SMILES string of the molecule is O=C(O)CCNC(=O)c1ccc(CN(C(=O)Nc2nc3cc(C(F)(F)F)cc(F)c3s2)c2ccc(C3=CCCCC3)cc2)cc1. The van der Waals surface area contributed by atoms with Crippen LogP contribution < -0.4 is 15.5 Å². The Morgan fingerprint density at radius 1 is 1.00 bits per heavy atom. The number of hydrogen-bond acceptors (Lipinski definition) is 5. The van der Waals surface area contributed by atoms with E-state index in [-0.39, 0.29) is 34.9 Å². The first kappa shape index (κ1) is 31.6. The van der Waals surface area contributed by atoms with Crippen LogP contribution in [0, 0.1) is 5.82 Å². The molecule has 0 radical (unpaired) electrons. The van der Waals surface area contributed by atoms with Gasteiger partial charge in [-0.15, -0.1) is 0 Å². The van der Waals surface area contributed by atoms with Gasteiger partial charge in [0.25, 0.3) is 5.91 Å². The Hall–Kier alpha value is -4.78. The fraction of sp³-hybridized carbons (Fsp3) is 0.250. The number of rotatable bonds is 9. The first-order valence-electron chi connectivity index (χ1n) is 14.1. The van der Waals surface area contributed by atoms with E-state index in [0.717, 1.165) is 48.6 Å². The lowest BCUT2D eigenvalue weighted by molar-refractivity contribution is -0.138. The highest BCUT2D eigenvalue weighted by atomic mass is 32.1. The van der Waals surface area contributed by atoms with E-state index in [1.807, 2.05) is 12.1 Å². The molecule has 3 aromatic carbocycles. The number of carboxylic acid groups (broad SMARTS) is 1. The number of hydrogen-bond donors (Lipinski definition) is 3. The van der Waals surface area contributed by atoms with Crippen LogP contribution in [0.3, 0.4) is 0 Å². The molecule has 13 heteroatoms. The molecule has 4 aromatic rings. The van der Waals surface area contributed by atoms with Gasteiger partial charge >= 0.3 is 18.2 Å². The molecule has 0 fully saturated rings. The van der Waals surface area contributed by atoms with Gasteiger partial charge in [0.2, 0.25) is 0 Å². The van der Waals surface area contributed by atoms with E-state index in [2.05, 4.69) is 21.7 Å². The topological polar surface area (TPSA) is 112 Å². The van der Waals surface area contributed by atoms with Crippen molar-refractivity contribution in [3.8, 4) is 0 Å². The molecule has 0 saturated heterocycles. The van der Waals surface area contributed by atoms with Crippen molar-refractivity contribution in [3.05, 3.63) is 94.8 Å². The van der Waals surface area contributed by atoms with Crippen molar-refractivity contribution in [2.75, 3.05) is 16.8 Å². The van der Waals surface area contributed by atoms with E-state index < -0.39 is 35.5 Å². The molecular formula is C32H28F4N4O4S. The summed E-state index contributed by atoms with van der Waals surface area (Å²) in [4.78, 5) is 42.1. The highest BCUT2D eigenvalue weighted by Gasteiger charge is 2.32. The first-order valence-corrected chi connectivity index (χ1v) is 14.9. The largest absolute Gasteiger partial charge is 0.481 e. The number of carbonyl (C=O) groups excluding carboxylic acids is 2. The Morgan fingerprint density at radius 2 is 1.73 bits per heavy atom. The highest BCUT2D eigenvalue weighted by molar-refractivity contribution is 7.22. The van der Waals surface area contributed by atoms with Crippen molar-refractivity contribution < 1.29 is 37.1 Å². The summed E-state index contributed by atoms with van der Waals surface area (Å²) < 4.78 is 54.0. The van der Waals surface area contributed by atoms with Crippen LogP contribution in [0.4, 0.5) is 33.2 Å². The molecular weight excluding hydrogens is 612 g/mol. The molecule has 3 N–H and O–H groups in total. The summed E-state index contributed by atoms with van der Waals surface area (Å²) >= 11 is 0.724. The molecule has 0 aliphatic heterocycles. The van der Waals surface area contributed by atoms with Crippen LogP contribution in [0.2, 0.25) is 0 Å². The lowest BCUT2D eigenvalue weighted by Crippen LogP contribution is -2.34. The molecule has 8 nitrogen and oxygen atoms in total. The van der Waals surface area contributed by atoms with Gasteiger partial charge < -0.3 is 10.4 Å². The molecule has 0 unspecified atom stereocenters. The van der Waals surface area contributed by atoms with Crippen LogP contribution in [-0.4, -0.2) is 34.5 Å². The molecule has 0 spiro atoms. The Kier molecular flexibility index (Phi) is 9.47. The Bertz CT molecular complexity index is 1750. The molecule has 3 amide bonds. The van der Waals surface area contributed by atoms with E-state index in [4.69, 9.17) is 5.11 Å². The summed E-state index contributed by atoms with van der Waals surface area (Å²) in [6.45, 7) is 0.0240. The number of aliphatic carboxylic acids is 1. The normalized spacial score (nSPS) is 13.3. The fourth-order valence-electron chi connectivity index (χ4n) is 4.93. The predicted octanol–water partition coefficient (Wildman–Crippen LogP) is 7.85. The van der Waals surface area contributed by atoms with Crippen LogP contribution in [-0.2, 0) is 17.5 Å². The van der Waals surface area contributed by atoms with Gasteiger partial charge in [0.15, 0.2) is 5.13 Å². The van der Waals surface area contributed by atoms with Crippen LogP contribution in [0.5, 0.6) is 0 Å². The maximum atomic E-state index is 14.5. The second-order valence-electron chi connectivity index (χ2n) is 10.5. The van der Waals surface area contributed by atoms with Crippen molar-refractivity contribution in [2.45, 2.75) is 44.8 Å². The van der Waals surface area contributed by atoms with Crippen molar-refractivity contribution in [3.63, 3.8) is 0 Å². The monoisotopic (exact) mass is 640 g/mol. The van der Waals surface area contributed by atoms with Gasteiger partial charge in [-0.05, 0) is 78.8 Å². The molecule has 0 bridgehead atoms. The summed E-state index contributed by atoms with van der Waals surface area (Å²) in [6, 6.07) is 14.3. The van der Waals surface area contributed by atoms with Crippen LogP contribution >= 0.6 is 11.3 Å². The first-order chi connectivity index (χ1) is 21.5. The van der Waals surface area contributed by atoms with Gasteiger partial charge in [0.1, 0.15) is 5.82 Å². The zero-order valence-corrected chi connectivity index (χ0v) is 24.6. The number of carbonyl (C=O) groups is 3. The third kappa shape index (κ3) is 7.85. The second kappa shape index (κ2) is 13.5. The highest BCUT2D eigenvalue weighted by Crippen LogP contribution is 2.36. The lowest BCUT2D eigenvalue weighted by Gasteiger charge is -2.23. The number of thiazole rings is 1. The van der Waals surface area contributed by atoms with Gasteiger partial charge in [0.05, 0.1) is 28.7 Å². The third-order valence-electron chi connectivity index (χ3n) is 7.25. The maximum Gasteiger partial charge on any atom is 0.416 e. The molecule has 1 aliphatic rings. The van der Waals surface area contributed by atoms with Gasteiger partial charge in [-0.2, -0.15) is 13.2 Å². The van der Waals surface area contributed by atoms with E-state index in [0.29, 0.717) is 22.9 Å². The zero-order valence-electron chi connectivity index (χ0n) is 23.8. The standard InChI is InChI=1S/C32H28F4N4O4S/c33-25-16-23(32(34,35)36)17-26-28(25)45-30(38-26)39-31(44)40(24-12-10-21(11-13-24)20-4-2-1-3-5-20)18-19-6-8-22(9-7-19)29(43)37-15-14-27(41)42/h4,6-13,16-17H,1-3,5,14-15,18H2,(H,37,43)(H,41,42)(H,38,39,44). The molecule has 1 aliphatic carbocycles. The van der Waals surface area contributed by atoms with Crippen LogP contribution in [0.25, 0.3) is 15.8 Å². The smallest absolute Gasteiger partial charge is 0.416 e. The quantitative estimate of drug-likeness (QED) is 0.161. The van der Waals surface area contributed by atoms with Gasteiger partial charge in [0, 0.05) is 17.8 Å². The minimum absolute atomic E-state index is 0.0239. The Balaban J connectivity index is 1.39. The Morgan fingerprint density at radius 3 is 2.38 bits per heavy atom. The number of anilines is 2. The van der Waals surface area contributed by atoms with Crippen molar-refractivity contribution in [2.24, 2.45) is 0 Å². The summed E-state index contributed by atoms with van der Waals surface area (Å²) in [5.41, 5.74) is 2.35. The third-order valence-corrected chi connectivity index (χ3v) is 8.25. The minimum Gasteiger partial charge on any atom is -0.481 e. The number of allylic oxidation sites excluding steroid dienone is 2. The van der Waals surface area contributed by atoms with Crippen LogP contribution in [0.1, 0.15) is 59.2 Å². The molecule has 234 valence electrons. The number of urea groups is 1. The fourth-order valence-corrected chi connectivity index (χ4v) is 5.77. The van der Waals surface area contributed by atoms with Gasteiger partial charge in [-0.3, -0.25) is 19.8 Å². The second-order valence-corrected chi connectivity index (χ2v) is 11.5. The number of amides is 3. The number of nitrogens with zero attached hydrogens (tertiary/aromatic N) is 2. The van der Waals surface area contributed by atoms with E-state index in [9.17, 15) is 31.9 Å². The lowest BCUT2D eigenvalue weighted by atomic mass is 9.93. The molecule has 0 saturated carbocycles. The predicted molar refractivity (Wildman–Crippen MR) is 164 cm³/mol. The zero-order chi connectivity index (χ0) is 32.1. The summed E-state index contributed by atoms with van der Waals surface area (Å²) in [5, 5.41) is 13.8. The van der Waals surface area contributed by atoms with E-state index >= 15 is 0 Å². The number of benzene rings is 3. The molecule has 5 rings (SSSR count). The average Bonchev–Trinajstić information content (AvgIpc) is 3.43. The molecule has 1 heterocycles. The van der Waals surface area contributed by atoms with E-state index in [1.165, 1.54) is 10.5 Å². The van der Waals surface area contributed by atoms with Gasteiger partial charge in [-0.25, -0.2) is 14.2 Å². The maximum absolute atomic E-state index is 14.5. The number of carboxylic acids is 1. The summed E-state index contributed by atoms with van der Waals surface area (Å²) in [7, 11) is 0. The number of alkyl halides is 3. The molecule has 1 aromatic heterocycles. The number of aromatic nitrogens is 1. The van der Waals surface area contributed by atoms with Gasteiger partial charge in [-0.1, -0.05) is 41.7 Å². The minimum atomic E-state index is -4.76. The molecule has 45 heavy (non-hydrogen) atoms. The van der Waals surface area contributed by atoms with E-state index in [1.54, 1.807) is 36.4 Å². The van der Waals surface area contributed by atoms with Crippen molar-refractivity contribution >= 4 is 55.9 Å². The Labute approximate surface area is 259 Å². The van der Waals surface area contributed by atoms with Crippen LogP contribution in [0.15, 0.2) is 66.7 Å². The summed E-state index contributed by atoms with van der Waals surface area (Å²) in [6.07, 6.45) is 1.45. The van der Waals surface area contributed by atoms with Crippen molar-refractivity contribution in [1.82, 2.24) is 10.3 Å². The average molecular weight is 641 g/mol. The summed E-state index contributed by atoms with van der Waals surface area (Å²) in [5.74, 6) is -2.56. The number of fused-ring (bicyclic) bond motifs is 1. The molecule has 0 atom stereocenters. The number of halogens is 4. The van der Waals surface area contributed by atoms with Crippen molar-refractivity contribution in [1.29, 1.82) is 0 Å². The number of nitrogens with one attached hydrogen (secondary N) is 2.